The summed E-state index contributed by atoms with van der Waals surface area (Å²) in [5.74, 6) is -1.12. The minimum atomic E-state index is -1.00. The van der Waals surface area contributed by atoms with Crippen molar-refractivity contribution in [2.45, 2.75) is 13.0 Å². The number of aromatic nitrogens is 2. The van der Waals surface area contributed by atoms with Crippen LogP contribution in [0.4, 0.5) is 5.69 Å². The van der Waals surface area contributed by atoms with Crippen molar-refractivity contribution in [1.29, 1.82) is 0 Å². The van der Waals surface area contributed by atoms with Gasteiger partial charge in [0.2, 0.25) is 0 Å². The summed E-state index contributed by atoms with van der Waals surface area (Å²) >= 11 is 6.00. The Morgan fingerprint density at radius 3 is 2.64 bits per heavy atom. The number of hydrogen-bond donors (Lipinski definition) is 1. The normalized spacial score (nSPS) is 11.8. The summed E-state index contributed by atoms with van der Waals surface area (Å²) in [6.45, 7) is 1.49. The van der Waals surface area contributed by atoms with Gasteiger partial charge in [0.1, 0.15) is 5.52 Å². The second kappa shape index (κ2) is 7.27. The Labute approximate surface area is 148 Å². The average Bonchev–Trinajstić information content (AvgIpc) is 2.63. The van der Waals surface area contributed by atoms with Crippen molar-refractivity contribution in [3.05, 3.63) is 65.4 Å². The van der Waals surface area contributed by atoms with Crippen molar-refractivity contribution in [2.75, 3.05) is 5.32 Å². The maximum atomic E-state index is 12.4. The monoisotopic (exact) mass is 355 g/mol. The van der Waals surface area contributed by atoms with Crippen LogP contribution in [0, 0.1) is 0 Å². The predicted molar refractivity (Wildman–Crippen MR) is 94.5 cm³/mol. The average molecular weight is 356 g/mol. The number of hydrogen-bond acceptors (Lipinski definition) is 5. The number of nitrogens with one attached hydrogen (secondary N) is 1. The molecule has 0 radical (unpaired) electrons. The van der Waals surface area contributed by atoms with E-state index in [4.69, 9.17) is 16.3 Å². The van der Waals surface area contributed by atoms with Gasteiger partial charge in [-0.25, -0.2) is 4.79 Å². The van der Waals surface area contributed by atoms with E-state index in [0.29, 0.717) is 21.7 Å². The Morgan fingerprint density at radius 2 is 1.84 bits per heavy atom. The van der Waals surface area contributed by atoms with Gasteiger partial charge in [-0.15, -0.1) is 0 Å². The Hall–Kier alpha value is -2.99. The van der Waals surface area contributed by atoms with Crippen LogP contribution in [0.1, 0.15) is 17.3 Å². The Balaban J connectivity index is 1.74. The van der Waals surface area contributed by atoms with E-state index in [1.807, 2.05) is 0 Å². The highest BCUT2D eigenvalue weighted by Gasteiger charge is 2.21. The molecule has 7 heteroatoms. The van der Waals surface area contributed by atoms with Crippen LogP contribution in [0.15, 0.2) is 54.9 Å². The number of halogens is 1. The molecule has 0 saturated carbocycles. The van der Waals surface area contributed by atoms with Crippen molar-refractivity contribution < 1.29 is 14.3 Å². The van der Waals surface area contributed by atoms with Gasteiger partial charge in [0.25, 0.3) is 5.91 Å². The van der Waals surface area contributed by atoms with E-state index in [2.05, 4.69) is 15.3 Å². The molecule has 0 aliphatic rings. The van der Waals surface area contributed by atoms with Crippen molar-refractivity contribution in [3.8, 4) is 0 Å². The van der Waals surface area contributed by atoms with Crippen LogP contribution in [0.5, 0.6) is 0 Å². The van der Waals surface area contributed by atoms with Crippen LogP contribution in [0.3, 0.4) is 0 Å². The van der Waals surface area contributed by atoms with E-state index in [0.717, 1.165) is 0 Å². The number of para-hydroxylation sites is 2. The summed E-state index contributed by atoms with van der Waals surface area (Å²) in [6.07, 6.45) is 2.03. The Morgan fingerprint density at radius 1 is 1.08 bits per heavy atom. The van der Waals surface area contributed by atoms with Gasteiger partial charge in [0.15, 0.2) is 6.10 Å². The fraction of sp³-hybridized carbons (Fsp3) is 0.111. The molecule has 2 aromatic carbocycles. The zero-order chi connectivity index (χ0) is 17.8. The maximum absolute atomic E-state index is 12.4. The predicted octanol–water partition coefficient (Wildman–Crippen LogP) is 3.47. The summed E-state index contributed by atoms with van der Waals surface area (Å²) in [5.41, 5.74) is 1.70. The van der Waals surface area contributed by atoms with Gasteiger partial charge in [-0.2, -0.15) is 0 Å². The molecular formula is C18H14ClN3O3. The van der Waals surface area contributed by atoms with E-state index in [1.165, 1.54) is 19.3 Å². The molecule has 3 aromatic rings. The molecule has 1 amide bonds. The van der Waals surface area contributed by atoms with Crippen LogP contribution in [0.2, 0.25) is 5.02 Å². The molecule has 1 aromatic heterocycles. The third-order valence-corrected chi connectivity index (χ3v) is 3.83. The van der Waals surface area contributed by atoms with Crippen LogP contribution in [0.25, 0.3) is 11.0 Å². The number of benzene rings is 2. The first-order valence-corrected chi connectivity index (χ1v) is 7.90. The molecule has 1 heterocycles. The van der Waals surface area contributed by atoms with Gasteiger partial charge >= 0.3 is 5.97 Å². The molecule has 1 atom stereocenters. The molecule has 0 saturated heterocycles. The highest BCUT2D eigenvalue weighted by atomic mass is 35.5. The summed E-state index contributed by atoms with van der Waals surface area (Å²) < 4.78 is 5.26. The first-order valence-electron chi connectivity index (χ1n) is 7.52. The number of carbonyl (C=O) groups excluding carboxylic acids is 2. The Kier molecular flexibility index (Phi) is 4.90. The highest BCUT2D eigenvalue weighted by Crippen LogP contribution is 2.21. The first kappa shape index (κ1) is 16.9. The van der Waals surface area contributed by atoms with Gasteiger partial charge in [-0.1, -0.05) is 29.8 Å². The third-order valence-electron chi connectivity index (χ3n) is 3.50. The van der Waals surface area contributed by atoms with E-state index >= 15 is 0 Å². The topological polar surface area (TPSA) is 81.2 Å². The number of fused-ring (bicyclic) bond motifs is 1. The van der Waals surface area contributed by atoms with Crippen molar-refractivity contribution in [1.82, 2.24) is 9.97 Å². The summed E-state index contributed by atoms with van der Waals surface area (Å²) in [5, 5.41) is 3.03. The molecule has 0 spiro atoms. The highest BCUT2D eigenvalue weighted by molar-refractivity contribution is 6.33. The van der Waals surface area contributed by atoms with Gasteiger partial charge < -0.3 is 10.1 Å². The minimum Gasteiger partial charge on any atom is -0.449 e. The van der Waals surface area contributed by atoms with E-state index in [9.17, 15) is 9.59 Å². The molecule has 1 N–H and O–H groups in total. The van der Waals surface area contributed by atoms with E-state index < -0.39 is 18.0 Å². The van der Waals surface area contributed by atoms with Crippen LogP contribution in [-0.2, 0) is 9.53 Å². The number of esters is 1. The van der Waals surface area contributed by atoms with Crippen molar-refractivity contribution in [2.24, 2.45) is 0 Å². The van der Waals surface area contributed by atoms with E-state index in [1.54, 1.807) is 42.5 Å². The minimum absolute atomic E-state index is 0.253. The summed E-state index contributed by atoms with van der Waals surface area (Å²) in [6, 6.07) is 11.8. The molecule has 126 valence electrons. The van der Waals surface area contributed by atoms with E-state index in [-0.39, 0.29) is 5.56 Å². The van der Waals surface area contributed by atoms with Crippen molar-refractivity contribution in [3.63, 3.8) is 0 Å². The molecule has 0 bridgehead atoms. The Bertz CT molecular complexity index is 940. The molecule has 3 rings (SSSR count). The van der Waals surface area contributed by atoms with Crippen LogP contribution < -0.4 is 5.32 Å². The molecule has 0 aliphatic heterocycles. The van der Waals surface area contributed by atoms with Gasteiger partial charge in [-0.05, 0) is 31.2 Å². The number of carbonyl (C=O) groups is 2. The maximum Gasteiger partial charge on any atom is 0.341 e. The fourth-order valence-corrected chi connectivity index (χ4v) is 2.41. The summed E-state index contributed by atoms with van der Waals surface area (Å²) in [4.78, 5) is 32.9. The molecular weight excluding hydrogens is 342 g/mol. The lowest BCUT2D eigenvalue weighted by atomic mass is 10.2. The molecule has 0 fully saturated rings. The second-order valence-corrected chi connectivity index (χ2v) is 5.65. The zero-order valence-electron chi connectivity index (χ0n) is 13.3. The number of nitrogens with zero attached hydrogens (tertiary/aromatic N) is 2. The second-order valence-electron chi connectivity index (χ2n) is 5.25. The quantitative estimate of drug-likeness (QED) is 0.725. The molecule has 0 aliphatic carbocycles. The smallest absolute Gasteiger partial charge is 0.341 e. The SMILES string of the molecule is CC(OC(=O)c1cccc2nccnc12)C(=O)Nc1ccccc1Cl. The number of ether oxygens (including phenoxy) is 1. The van der Waals surface area contributed by atoms with Crippen molar-refractivity contribution >= 4 is 40.2 Å². The molecule has 1 unspecified atom stereocenters. The third kappa shape index (κ3) is 3.75. The van der Waals surface area contributed by atoms with Crippen LogP contribution >= 0.6 is 11.6 Å². The number of rotatable bonds is 4. The lowest BCUT2D eigenvalue weighted by molar-refractivity contribution is -0.123. The molecule has 25 heavy (non-hydrogen) atoms. The fourth-order valence-electron chi connectivity index (χ4n) is 2.23. The van der Waals surface area contributed by atoms with Crippen LogP contribution in [-0.4, -0.2) is 27.9 Å². The lowest BCUT2D eigenvalue weighted by Gasteiger charge is -2.14. The van der Waals surface area contributed by atoms with Gasteiger partial charge in [0.05, 0.1) is 21.8 Å². The first-order chi connectivity index (χ1) is 12.1. The number of anilines is 1. The molecule has 6 nitrogen and oxygen atoms in total. The number of amides is 1. The lowest BCUT2D eigenvalue weighted by Crippen LogP contribution is -2.30. The van der Waals surface area contributed by atoms with Gasteiger partial charge in [0, 0.05) is 12.4 Å². The standard InChI is InChI=1S/C18H14ClN3O3/c1-11(17(23)22-14-7-3-2-6-13(14)19)25-18(24)12-5-4-8-15-16(12)21-10-9-20-15/h2-11H,1H3,(H,22,23). The summed E-state index contributed by atoms with van der Waals surface area (Å²) in [7, 11) is 0. The zero-order valence-corrected chi connectivity index (χ0v) is 14.0. The van der Waals surface area contributed by atoms with Gasteiger partial charge in [-0.3, -0.25) is 14.8 Å². The largest absolute Gasteiger partial charge is 0.449 e.